The fourth-order valence-corrected chi connectivity index (χ4v) is 2.57. The van der Waals surface area contributed by atoms with Crippen LogP contribution >= 0.6 is 0 Å². The van der Waals surface area contributed by atoms with Crippen LogP contribution in [0.25, 0.3) is 0 Å². The number of ether oxygens (including phenoxy) is 3. The summed E-state index contributed by atoms with van der Waals surface area (Å²) in [6, 6.07) is 0. The van der Waals surface area contributed by atoms with Crippen LogP contribution in [0.15, 0.2) is 0 Å². The minimum absolute atomic E-state index is 0.0631. The fraction of sp³-hybridized carbons (Fsp3) is 1.00. The van der Waals surface area contributed by atoms with Crippen LogP contribution in [-0.4, -0.2) is 92.6 Å². The molecule has 21 heavy (non-hydrogen) atoms. The second-order valence-corrected chi connectivity index (χ2v) is 5.40. The maximum absolute atomic E-state index is 9.90. The Labute approximate surface area is 121 Å². The predicted molar refractivity (Wildman–Crippen MR) is 65.8 cm³/mol. The lowest BCUT2D eigenvalue weighted by molar-refractivity contribution is -0.338. The first-order valence-corrected chi connectivity index (χ1v) is 6.82. The van der Waals surface area contributed by atoms with Crippen molar-refractivity contribution in [2.24, 2.45) is 0 Å². The zero-order valence-electron chi connectivity index (χ0n) is 11.5. The van der Waals surface area contributed by atoms with Crippen LogP contribution < -0.4 is 0 Å². The highest BCUT2D eigenvalue weighted by Gasteiger charge is 2.47. The van der Waals surface area contributed by atoms with Crippen LogP contribution in [0.3, 0.4) is 0 Å². The molecule has 2 aliphatic rings. The Morgan fingerprint density at radius 1 is 1.00 bits per heavy atom. The maximum Gasteiger partial charge on any atom is 0.187 e. The second-order valence-electron chi connectivity index (χ2n) is 5.40. The molecule has 2 heterocycles. The van der Waals surface area contributed by atoms with E-state index in [4.69, 9.17) is 19.3 Å². The molecule has 0 spiro atoms. The molecule has 0 bridgehead atoms. The molecule has 9 heteroatoms. The molecule has 0 saturated carbocycles. The summed E-state index contributed by atoms with van der Waals surface area (Å²) < 4.78 is 15.7. The van der Waals surface area contributed by atoms with Gasteiger partial charge in [-0.2, -0.15) is 0 Å². The van der Waals surface area contributed by atoms with E-state index in [1.165, 1.54) is 0 Å². The van der Waals surface area contributed by atoms with Crippen molar-refractivity contribution in [2.75, 3.05) is 6.61 Å². The van der Waals surface area contributed by atoms with Crippen molar-refractivity contribution < 1.29 is 44.8 Å². The Bertz CT molecular complexity index is 327. The smallest absolute Gasteiger partial charge is 0.187 e. The van der Waals surface area contributed by atoms with Crippen molar-refractivity contribution in [3.63, 3.8) is 0 Å². The highest BCUT2D eigenvalue weighted by molar-refractivity contribution is 4.90. The Morgan fingerprint density at radius 2 is 1.67 bits per heavy atom. The molecule has 0 aliphatic carbocycles. The third-order valence-electron chi connectivity index (χ3n) is 3.80. The van der Waals surface area contributed by atoms with Crippen molar-refractivity contribution in [1.82, 2.24) is 0 Å². The second kappa shape index (κ2) is 6.82. The summed E-state index contributed by atoms with van der Waals surface area (Å²) in [6.07, 6.45) is -10.8. The first-order valence-electron chi connectivity index (χ1n) is 6.82. The van der Waals surface area contributed by atoms with E-state index in [0.717, 1.165) is 0 Å². The highest BCUT2D eigenvalue weighted by Crippen LogP contribution is 2.27. The summed E-state index contributed by atoms with van der Waals surface area (Å²) in [6.45, 7) is 1.00. The molecule has 2 fully saturated rings. The first-order chi connectivity index (χ1) is 9.85. The molecular formula is C12H22O9. The van der Waals surface area contributed by atoms with E-state index >= 15 is 0 Å². The van der Waals surface area contributed by atoms with E-state index in [2.05, 4.69) is 0 Å². The summed E-state index contributed by atoms with van der Waals surface area (Å²) in [5, 5.41) is 57.5. The minimum atomic E-state index is -1.55. The standard InChI is InChI=1S/C12H22O9/c1-4-11(5(14)2-7(15)19-4)21-12-10(18)9(17)8(16)6(3-13)20-12/h4-18H,2-3H2,1H3/t4-,5+,6-,7-,8-,9+,10-,11-,12+/m1/s1. The van der Waals surface area contributed by atoms with Gasteiger partial charge in [-0.05, 0) is 6.92 Å². The molecule has 0 aromatic carbocycles. The monoisotopic (exact) mass is 310 g/mol. The van der Waals surface area contributed by atoms with Gasteiger partial charge >= 0.3 is 0 Å². The van der Waals surface area contributed by atoms with Crippen LogP contribution in [0.5, 0.6) is 0 Å². The van der Waals surface area contributed by atoms with Crippen LogP contribution in [0.4, 0.5) is 0 Å². The van der Waals surface area contributed by atoms with E-state index in [-0.39, 0.29) is 6.42 Å². The molecule has 0 radical (unpaired) electrons. The molecule has 9 atom stereocenters. The molecule has 2 rings (SSSR count). The average molecular weight is 310 g/mol. The van der Waals surface area contributed by atoms with Crippen LogP contribution in [-0.2, 0) is 14.2 Å². The van der Waals surface area contributed by atoms with Gasteiger partial charge in [-0.15, -0.1) is 0 Å². The Morgan fingerprint density at radius 3 is 2.24 bits per heavy atom. The van der Waals surface area contributed by atoms with E-state index in [1.807, 2.05) is 0 Å². The zero-order valence-corrected chi connectivity index (χ0v) is 11.5. The normalized spacial score (nSPS) is 51.9. The van der Waals surface area contributed by atoms with E-state index in [9.17, 15) is 25.5 Å². The number of aliphatic hydroxyl groups is 6. The van der Waals surface area contributed by atoms with Gasteiger partial charge in [0.25, 0.3) is 0 Å². The lowest BCUT2D eigenvalue weighted by atomic mass is 9.98. The van der Waals surface area contributed by atoms with Gasteiger partial charge in [0.05, 0.1) is 18.8 Å². The predicted octanol–water partition coefficient (Wildman–Crippen LogP) is -3.34. The number of aliphatic hydroxyl groups excluding tert-OH is 6. The average Bonchev–Trinajstić information content (AvgIpc) is 2.42. The van der Waals surface area contributed by atoms with E-state index in [0.29, 0.717) is 0 Å². The Kier molecular flexibility index (Phi) is 5.52. The van der Waals surface area contributed by atoms with Crippen molar-refractivity contribution in [3.8, 4) is 0 Å². The van der Waals surface area contributed by atoms with Crippen molar-refractivity contribution in [3.05, 3.63) is 0 Å². The topological polar surface area (TPSA) is 149 Å². The maximum atomic E-state index is 9.90. The van der Waals surface area contributed by atoms with Gasteiger partial charge in [-0.25, -0.2) is 0 Å². The number of hydrogen-bond acceptors (Lipinski definition) is 9. The van der Waals surface area contributed by atoms with Crippen LogP contribution in [0, 0.1) is 0 Å². The quantitative estimate of drug-likeness (QED) is 0.314. The lowest BCUT2D eigenvalue weighted by Crippen LogP contribution is -2.61. The van der Waals surface area contributed by atoms with Gasteiger partial charge in [-0.3, -0.25) is 0 Å². The molecule has 124 valence electrons. The molecule has 9 nitrogen and oxygen atoms in total. The Balaban J connectivity index is 2.03. The van der Waals surface area contributed by atoms with Crippen LogP contribution in [0.1, 0.15) is 13.3 Å². The fourth-order valence-electron chi connectivity index (χ4n) is 2.57. The molecular weight excluding hydrogens is 288 g/mol. The van der Waals surface area contributed by atoms with Crippen molar-refractivity contribution in [2.45, 2.75) is 68.7 Å². The summed E-state index contributed by atoms with van der Waals surface area (Å²) in [4.78, 5) is 0. The minimum Gasteiger partial charge on any atom is -0.394 e. The van der Waals surface area contributed by atoms with Gasteiger partial charge in [0.1, 0.15) is 30.5 Å². The Hall–Kier alpha value is -0.360. The summed E-state index contributed by atoms with van der Waals surface area (Å²) in [5.41, 5.74) is 0. The van der Waals surface area contributed by atoms with Crippen molar-refractivity contribution in [1.29, 1.82) is 0 Å². The largest absolute Gasteiger partial charge is 0.394 e. The molecule has 6 N–H and O–H groups in total. The summed E-state index contributed by atoms with van der Waals surface area (Å²) in [5.74, 6) is 0. The third-order valence-corrected chi connectivity index (χ3v) is 3.80. The van der Waals surface area contributed by atoms with E-state index in [1.54, 1.807) is 6.92 Å². The number of hydrogen-bond donors (Lipinski definition) is 6. The van der Waals surface area contributed by atoms with Gasteiger partial charge in [0, 0.05) is 6.42 Å². The molecule has 0 unspecified atom stereocenters. The van der Waals surface area contributed by atoms with Gasteiger partial charge in [0.2, 0.25) is 0 Å². The molecule has 0 amide bonds. The molecule has 0 aromatic heterocycles. The van der Waals surface area contributed by atoms with Crippen LogP contribution in [0.2, 0.25) is 0 Å². The van der Waals surface area contributed by atoms with Gasteiger partial charge in [0.15, 0.2) is 12.6 Å². The summed E-state index contributed by atoms with van der Waals surface area (Å²) in [7, 11) is 0. The lowest BCUT2D eigenvalue weighted by Gasteiger charge is -2.43. The SMILES string of the molecule is C[C@H]1O[C@@H](O)C[C@H](O)[C@@H]1O[C@@H]1O[C@H](CO)[C@@H](O)[C@H](O)[C@H]1O. The first kappa shape index (κ1) is 17.0. The third kappa shape index (κ3) is 3.52. The van der Waals surface area contributed by atoms with Gasteiger partial charge < -0.3 is 44.8 Å². The molecule has 0 aromatic rings. The van der Waals surface area contributed by atoms with Gasteiger partial charge in [-0.1, -0.05) is 0 Å². The zero-order chi connectivity index (χ0) is 15.7. The number of rotatable bonds is 3. The van der Waals surface area contributed by atoms with E-state index < -0.39 is 61.9 Å². The highest BCUT2D eigenvalue weighted by atomic mass is 16.7. The molecule has 2 aliphatic heterocycles. The van der Waals surface area contributed by atoms with Crippen molar-refractivity contribution >= 4 is 0 Å². The summed E-state index contributed by atoms with van der Waals surface area (Å²) >= 11 is 0. The molecule has 2 saturated heterocycles.